The second kappa shape index (κ2) is 9.33. The maximum absolute atomic E-state index is 13.4. The first kappa shape index (κ1) is 21.7. The Morgan fingerprint density at radius 3 is 2.35 bits per heavy atom. The Labute approximate surface area is 186 Å². The average Bonchev–Trinajstić information content (AvgIpc) is 3.19. The highest BCUT2D eigenvalue weighted by Gasteiger charge is 2.35. The number of hydrogen-bond donors (Lipinski definition) is 0. The van der Waals surface area contributed by atoms with E-state index in [1.807, 2.05) is 0 Å². The van der Waals surface area contributed by atoms with Gasteiger partial charge < -0.3 is 4.90 Å². The Kier molecular flexibility index (Phi) is 6.54. The molecule has 1 saturated heterocycles. The number of benzene rings is 2. The largest absolute Gasteiger partial charge is 0.301 e. The van der Waals surface area contributed by atoms with Gasteiger partial charge in [-0.3, -0.25) is 9.69 Å². The average molecular weight is 419 g/mol. The lowest BCUT2D eigenvalue weighted by Gasteiger charge is -2.34. The second-order valence-electron chi connectivity index (χ2n) is 8.89. The normalized spacial score (nSPS) is 20.2. The summed E-state index contributed by atoms with van der Waals surface area (Å²) in [6, 6.07) is 14.8. The molecule has 0 radical (unpaired) electrons. The summed E-state index contributed by atoms with van der Waals surface area (Å²) in [7, 11) is 0. The smallest absolute Gasteiger partial charge is 0.257 e. The summed E-state index contributed by atoms with van der Waals surface area (Å²) in [6.07, 6.45) is 0.754. The lowest BCUT2D eigenvalue weighted by Crippen LogP contribution is -2.49. The van der Waals surface area contributed by atoms with Crippen molar-refractivity contribution in [3.8, 4) is 0 Å². The minimum absolute atomic E-state index is 0.0404. The van der Waals surface area contributed by atoms with Crippen molar-refractivity contribution in [1.29, 1.82) is 0 Å². The Balaban J connectivity index is 1.59. The van der Waals surface area contributed by atoms with E-state index in [0.29, 0.717) is 6.54 Å². The molecule has 2 aliphatic rings. The third kappa shape index (κ3) is 4.73. The summed E-state index contributed by atoms with van der Waals surface area (Å²) in [4.78, 5) is 18.1. The molecular weight excluding hydrogens is 384 g/mol. The first-order chi connectivity index (χ1) is 15.0. The quantitative estimate of drug-likeness (QED) is 0.739. The number of carbonyl (C=O) groups is 1. The number of nitrogens with zero attached hydrogens (tertiary/aromatic N) is 4. The molecule has 4 rings (SSSR count). The van der Waals surface area contributed by atoms with Crippen molar-refractivity contribution in [2.75, 3.05) is 39.3 Å². The molecule has 2 aromatic rings. The summed E-state index contributed by atoms with van der Waals surface area (Å²) >= 11 is 0. The van der Waals surface area contributed by atoms with Gasteiger partial charge in [0, 0.05) is 38.2 Å². The van der Waals surface area contributed by atoms with Crippen LogP contribution in [0, 0.1) is 20.8 Å². The van der Waals surface area contributed by atoms with Crippen molar-refractivity contribution in [3.05, 3.63) is 70.3 Å². The van der Waals surface area contributed by atoms with Gasteiger partial charge in [-0.25, -0.2) is 5.01 Å². The zero-order valence-corrected chi connectivity index (χ0v) is 19.3. The topological polar surface area (TPSA) is 39.1 Å². The van der Waals surface area contributed by atoms with Crippen LogP contribution in [0.2, 0.25) is 0 Å². The Morgan fingerprint density at radius 1 is 0.968 bits per heavy atom. The van der Waals surface area contributed by atoms with E-state index in [1.165, 1.54) is 22.3 Å². The molecule has 1 unspecified atom stereocenters. The minimum atomic E-state index is -0.0404. The van der Waals surface area contributed by atoms with Crippen molar-refractivity contribution >= 4 is 11.6 Å². The Hall–Kier alpha value is -2.50. The monoisotopic (exact) mass is 418 g/mol. The van der Waals surface area contributed by atoms with Gasteiger partial charge >= 0.3 is 0 Å². The summed E-state index contributed by atoms with van der Waals surface area (Å²) in [5.41, 5.74) is 7.02. The number of piperazine rings is 1. The van der Waals surface area contributed by atoms with Gasteiger partial charge in [0.2, 0.25) is 0 Å². The van der Waals surface area contributed by atoms with Crippen molar-refractivity contribution in [2.45, 2.75) is 40.2 Å². The van der Waals surface area contributed by atoms with Gasteiger partial charge in [-0.15, -0.1) is 0 Å². The Morgan fingerprint density at radius 2 is 1.68 bits per heavy atom. The lowest BCUT2D eigenvalue weighted by molar-refractivity contribution is -0.134. The van der Waals surface area contributed by atoms with Crippen LogP contribution in [0.25, 0.3) is 0 Å². The molecule has 1 amide bonds. The zero-order chi connectivity index (χ0) is 22.0. The number of hydrogen-bond acceptors (Lipinski definition) is 4. The highest BCUT2D eigenvalue weighted by atomic mass is 16.2. The van der Waals surface area contributed by atoms with Crippen molar-refractivity contribution in [2.24, 2.45) is 5.10 Å². The minimum Gasteiger partial charge on any atom is -0.301 e. The first-order valence-electron chi connectivity index (χ1n) is 11.4. The summed E-state index contributed by atoms with van der Waals surface area (Å²) in [6.45, 7) is 14.0. The van der Waals surface area contributed by atoms with Gasteiger partial charge in [0.05, 0.1) is 18.3 Å². The maximum Gasteiger partial charge on any atom is 0.257 e. The molecule has 0 bridgehead atoms. The SMILES string of the molecule is CCN1CCN(CC(=O)N2N=C(c3ccc(C)cc3C)CC2c2ccccc2C)CC1. The van der Waals surface area contributed by atoms with Crippen LogP contribution in [0.4, 0.5) is 0 Å². The van der Waals surface area contributed by atoms with E-state index in [-0.39, 0.29) is 11.9 Å². The predicted octanol–water partition coefficient (Wildman–Crippen LogP) is 3.93. The number of likely N-dealkylation sites (N-methyl/N-ethyl adjacent to an activating group) is 1. The number of hydrazone groups is 1. The van der Waals surface area contributed by atoms with E-state index in [9.17, 15) is 4.79 Å². The van der Waals surface area contributed by atoms with Crippen LogP contribution in [0.5, 0.6) is 0 Å². The van der Waals surface area contributed by atoms with Gasteiger partial charge in [-0.1, -0.05) is 55.0 Å². The molecule has 0 spiro atoms. The van der Waals surface area contributed by atoms with Crippen LogP contribution in [0.1, 0.15) is 47.2 Å². The molecule has 0 N–H and O–H groups in total. The molecule has 0 saturated carbocycles. The molecular formula is C26H34N4O. The molecule has 0 aromatic heterocycles. The van der Waals surface area contributed by atoms with Gasteiger partial charge in [-0.05, 0) is 44.0 Å². The summed E-state index contributed by atoms with van der Waals surface area (Å²) in [5, 5.41) is 6.67. The predicted molar refractivity (Wildman–Crippen MR) is 126 cm³/mol. The van der Waals surface area contributed by atoms with Crippen molar-refractivity contribution in [3.63, 3.8) is 0 Å². The van der Waals surface area contributed by atoms with Crippen LogP contribution in [0.3, 0.4) is 0 Å². The van der Waals surface area contributed by atoms with E-state index in [2.05, 4.69) is 80.0 Å². The van der Waals surface area contributed by atoms with Crippen molar-refractivity contribution in [1.82, 2.24) is 14.8 Å². The summed E-state index contributed by atoms with van der Waals surface area (Å²) < 4.78 is 0. The highest BCUT2D eigenvalue weighted by Crippen LogP contribution is 2.35. The van der Waals surface area contributed by atoms with E-state index in [1.54, 1.807) is 5.01 Å². The molecule has 0 aliphatic carbocycles. The molecule has 5 nitrogen and oxygen atoms in total. The molecule has 164 valence electrons. The van der Waals surface area contributed by atoms with Crippen LogP contribution in [-0.2, 0) is 4.79 Å². The van der Waals surface area contributed by atoms with Gasteiger partial charge in [0.25, 0.3) is 5.91 Å². The van der Waals surface area contributed by atoms with Gasteiger partial charge in [0.1, 0.15) is 0 Å². The fraction of sp³-hybridized carbons (Fsp3) is 0.462. The van der Waals surface area contributed by atoms with Crippen LogP contribution in [0.15, 0.2) is 47.6 Å². The molecule has 31 heavy (non-hydrogen) atoms. The number of carbonyl (C=O) groups excluding carboxylic acids is 1. The van der Waals surface area contributed by atoms with Crippen LogP contribution < -0.4 is 0 Å². The number of amides is 1. The number of aryl methyl sites for hydroxylation is 3. The molecule has 2 aromatic carbocycles. The third-order valence-corrected chi connectivity index (χ3v) is 6.68. The third-order valence-electron chi connectivity index (χ3n) is 6.68. The second-order valence-corrected chi connectivity index (χ2v) is 8.89. The van der Waals surface area contributed by atoms with Gasteiger partial charge in [-0.2, -0.15) is 5.10 Å². The zero-order valence-electron chi connectivity index (χ0n) is 19.3. The summed E-state index contributed by atoms with van der Waals surface area (Å²) in [5.74, 6) is 0.0953. The maximum atomic E-state index is 13.4. The van der Waals surface area contributed by atoms with Crippen LogP contribution in [-0.4, -0.2) is 65.7 Å². The standard InChI is InChI=1S/C26H34N4O/c1-5-28-12-14-29(15-13-28)18-26(31)30-25(23-9-7-6-8-20(23)3)17-24(27-30)22-11-10-19(2)16-21(22)4/h6-11,16,25H,5,12-15,17-18H2,1-4H3. The van der Waals surface area contributed by atoms with Crippen molar-refractivity contribution < 1.29 is 4.79 Å². The fourth-order valence-corrected chi connectivity index (χ4v) is 4.77. The Bertz CT molecular complexity index is 975. The first-order valence-corrected chi connectivity index (χ1v) is 11.4. The molecule has 1 atom stereocenters. The molecule has 5 heteroatoms. The number of rotatable bonds is 5. The molecule has 2 aliphatic heterocycles. The lowest BCUT2D eigenvalue weighted by atomic mass is 9.93. The van der Waals surface area contributed by atoms with Gasteiger partial charge in [0.15, 0.2) is 0 Å². The van der Waals surface area contributed by atoms with Crippen LogP contribution >= 0.6 is 0 Å². The highest BCUT2D eigenvalue weighted by molar-refractivity contribution is 6.04. The van der Waals surface area contributed by atoms with E-state index in [0.717, 1.165) is 50.4 Å². The van der Waals surface area contributed by atoms with E-state index >= 15 is 0 Å². The molecule has 2 heterocycles. The van der Waals surface area contributed by atoms with E-state index in [4.69, 9.17) is 5.10 Å². The van der Waals surface area contributed by atoms with E-state index < -0.39 is 0 Å². The molecule has 1 fully saturated rings. The fourth-order valence-electron chi connectivity index (χ4n) is 4.77.